The number of aromatic nitrogens is 2. The van der Waals surface area contributed by atoms with Crippen molar-refractivity contribution in [2.45, 2.75) is 51.5 Å². The molecule has 0 aromatic carbocycles. The third-order valence-corrected chi connectivity index (χ3v) is 5.10. The normalized spacial score (nSPS) is 27.2. The van der Waals surface area contributed by atoms with Crippen molar-refractivity contribution in [3.8, 4) is 0 Å². The minimum absolute atomic E-state index is 0.0680. The first-order valence-corrected chi connectivity index (χ1v) is 8.10. The second kappa shape index (κ2) is 6.18. The standard InChI is InChI=1S/C13H20ClN3OS/c1-3-10-11(19-17-16-10)12(18)15-13(8-14)6-4-5-9(2)7-13/h9H,3-8H2,1-2H3,(H,15,18). The molecule has 1 saturated carbocycles. The molecule has 1 aromatic heterocycles. The summed E-state index contributed by atoms with van der Waals surface area (Å²) >= 11 is 7.30. The molecule has 0 spiro atoms. The summed E-state index contributed by atoms with van der Waals surface area (Å²) in [6.45, 7) is 4.20. The van der Waals surface area contributed by atoms with Crippen molar-refractivity contribution in [3.05, 3.63) is 10.6 Å². The second-order valence-corrected chi connectivity index (χ2v) is 6.49. The molecule has 4 nitrogen and oxygen atoms in total. The lowest BCUT2D eigenvalue weighted by Gasteiger charge is -2.39. The van der Waals surface area contributed by atoms with Crippen molar-refractivity contribution in [3.63, 3.8) is 0 Å². The van der Waals surface area contributed by atoms with E-state index in [1.807, 2.05) is 6.92 Å². The summed E-state index contributed by atoms with van der Waals surface area (Å²) in [6.07, 6.45) is 4.98. The highest BCUT2D eigenvalue weighted by molar-refractivity contribution is 7.08. The highest BCUT2D eigenvalue weighted by Crippen LogP contribution is 2.33. The molecule has 19 heavy (non-hydrogen) atoms. The molecule has 1 aliphatic rings. The van der Waals surface area contributed by atoms with Crippen molar-refractivity contribution in [1.29, 1.82) is 0 Å². The summed E-state index contributed by atoms with van der Waals surface area (Å²) < 4.78 is 3.87. The molecular formula is C13H20ClN3OS. The van der Waals surface area contributed by atoms with E-state index < -0.39 is 0 Å². The van der Waals surface area contributed by atoms with Crippen LogP contribution in [0.4, 0.5) is 0 Å². The van der Waals surface area contributed by atoms with Gasteiger partial charge in [-0.3, -0.25) is 4.79 Å². The van der Waals surface area contributed by atoms with Gasteiger partial charge >= 0.3 is 0 Å². The Morgan fingerprint density at radius 2 is 2.42 bits per heavy atom. The molecule has 2 rings (SSSR count). The first-order valence-electron chi connectivity index (χ1n) is 6.80. The molecular weight excluding hydrogens is 282 g/mol. The molecule has 1 aromatic rings. The lowest BCUT2D eigenvalue weighted by atomic mass is 9.77. The number of hydrogen-bond donors (Lipinski definition) is 1. The number of alkyl halides is 1. The van der Waals surface area contributed by atoms with Crippen LogP contribution in [0.2, 0.25) is 0 Å². The third-order valence-electron chi connectivity index (χ3n) is 3.82. The maximum Gasteiger partial charge on any atom is 0.265 e. The van der Waals surface area contributed by atoms with Crippen LogP contribution in [0.5, 0.6) is 0 Å². The van der Waals surface area contributed by atoms with Crippen molar-refractivity contribution in [1.82, 2.24) is 14.9 Å². The van der Waals surface area contributed by atoms with E-state index in [2.05, 4.69) is 21.8 Å². The smallest absolute Gasteiger partial charge is 0.265 e. The SMILES string of the molecule is CCc1nnsc1C(=O)NC1(CCl)CCCC(C)C1. The maximum atomic E-state index is 12.4. The van der Waals surface area contributed by atoms with Crippen LogP contribution in [0.25, 0.3) is 0 Å². The molecule has 1 aliphatic carbocycles. The van der Waals surface area contributed by atoms with Gasteiger partial charge in [0, 0.05) is 5.88 Å². The van der Waals surface area contributed by atoms with Gasteiger partial charge in [-0.05, 0) is 36.7 Å². The predicted molar refractivity (Wildman–Crippen MR) is 77.8 cm³/mol. The van der Waals surface area contributed by atoms with Gasteiger partial charge in [0.1, 0.15) is 4.88 Å². The quantitative estimate of drug-likeness (QED) is 0.870. The molecule has 106 valence electrons. The highest BCUT2D eigenvalue weighted by Gasteiger charge is 2.36. The van der Waals surface area contributed by atoms with Crippen molar-refractivity contribution < 1.29 is 4.79 Å². The van der Waals surface area contributed by atoms with Crippen LogP contribution >= 0.6 is 23.1 Å². The van der Waals surface area contributed by atoms with E-state index in [-0.39, 0.29) is 11.4 Å². The van der Waals surface area contributed by atoms with Crippen LogP contribution < -0.4 is 5.32 Å². The van der Waals surface area contributed by atoms with E-state index in [1.54, 1.807) is 0 Å². The number of carbonyl (C=O) groups is 1. The Bertz CT molecular complexity index is 451. The van der Waals surface area contributed by atoms with E-state index in [4.69, 9.17) is 11.6 Å². The fourth-order valence-corrected chi connectivity index (χ4v) is 3.79. The molecule has 1 N–H and O–H groups in total. The Kier molecular flexibility index (Phi) is 4.79. The molecule has 0 aliphatic heterocycles. The van der Waals surface area contributed by atoms with Crippen molar-refractivity contribution >= 4 is 29.0 Å². The Morgan fingerprint density at radius 3 is 3.05 bits per heavy atom. The van der Waals surface area contributed by atoms with Gasteiger partial charge in [-0.25, -0.2) is 0 Å². The first kappa shape index (κ1) is 14.7. The number of nitrogens with zero attached hydrogens (tertiary/aromatic N) is 2. The Balaban J connectivity index is 2.12. The van der Waals surface area contributed by atoms with Crippen molar-refractivity contribution in [2.75, 3.05) is 5.88 Å². The molecule has 1 amide bonds. The number of rotatable bonds is 4. The maximum absolute atomic E-state index is 12.4. The minimum Gasteiger partial charge on any atom is -0.345 e. The van der Waals surface area contributed by atoms with Gasteiger partial charge in [0.2, 0.25) is 0 Å². The summed E-state index contributed by atoms with van der Waals surface area (Å²) in [7, 11) is 0. The summed E-state index contributed by atoms with van der Waals surface area (Å²) in [5.74, 6) is 1.01. The van der Waals surface area contributed by atoms with E-state index in [0.29, 0.717) is 16.7 Å². The highest BCUT2D eigenvalue weighted by atomic mass is 35.5. The zero-order valence-electron chi connectivity index (χ0n) is 11.4. The van der Waals surface area contributed by atoms with Crippen LogP contribution in [-0.4, -0.2) is 26.9 Å². The summed E-state index contributed by atoms with van der Waals surface area (Å²) in [5.41, 5.74) is 0.516. The molecule has 0 bridgehead atoms. The molecule has 1 fully saturated rings. The number of amides is 1. The predicted octanol–water partition coefficient (Wildman–Crippen LogP) is 3.02. The number of aryl methyl sites for hydroxylation is 1. The average Bonchev–Trinajstić information content (AvgIpc) is 2.87. The number of hydrogen-bond acceptors (Lipinski definition) is 4. The third kappa shape index (κ3) is 3.26. The molecule has 0 radical (unpaired) electrons. The topological polar surface area (TPSA) is 54.9 Å². The van der Waals surface area contributed by atoms with Gasteiger partial charge in [-0.2, -0.15) is 0 Å². The van der Waals surface area contributed by atoms with E-state index in [1.165, 1.54) is 6.42 Å². The van der Waals surface area contributed by atoms with Gasteiger partial charge in [0.15, 0.2) is 0 Å². The first-order chi connectivity index (χ1) is 9.10. The van der Waals surface area contributed by atoms with E-state index >= 15 is 0 Å². The van der Waals surface area contributed by atoms with Crippen LogP contribution in [0.1, 0.15) is 54.9 Å². The van der Waals surface area contributed by atoms with E-state index in [0.717, 1.165) is 42.9 Å². The van der Waals surface area contributed by atoms with Gasteiger partial charge in [-0.1, -0.05) is 31.2 Å². The van der Waals surface area contributed by atoms with Crippen molar-refractivity contribution in [2.24, 2.45) is 5.92 Å². The van der Waals surface area contributed by atoms with Crippen LogP contribution in [0, 0.1) is 5.92 Å². The second-order valence-electron chi connectivity index (χ2n) is 5.47. The number of nitrogens with one attached hydrogen (secondary N) is 1. The fraction of sp³-hybridized carbons (Fsp3) is 0.769. The zero-order chi connectivity index (χ0) is 13.9. The van der Waals surface area contributed by atoms with Gasteiger partial charge < -0.3 is 5.32 Å². The lowest BCUT2D eigenvalue weighted by Crippen LogP contribution is -2.52. The Hall–Kier alpha value is -0.680. The molecule has 6 heteroatoms. The van der Waals surface area contributed by atoms with Crippen LogP contribution in [0.3, 0.4) is 0 Å². The molecule has 1 heterocycles. The zero-order valence-corrected chi connectivity index (χ0v) is 13.0. The number of carbonyl (C=O) groups excluding carboxylic acids is 1. The van der Waals surface area contributed by atoms with E-state index in [9.17, 15) is 4.79 Å². The summed E-state index contributed by atoms with van der Waals surface area (Å²) in [6, 6.07) is 0. The Labute approximate surface area is 123 Å². The Morgan fingerprint density at radius 1 is 1.63 bits per heavy atom. The summed E-state index contributed by atoms with van der Waals surface area (Å²) in [4.78, 5) is 13.0. The van der Waals surface area contributed by atoms with Crippen LogP contribution in [-0.2, 0) is 6.42 Å². The van der Waals surface area contributed by atoms with Gasteiger partial charge in [0.05, 0.1) is 11.2 Å². The monoisotopic (exact) mass is 301 g/mol. The lowest BCUT2D eigenvalue weighted by molar-refractivity contribution is 0.0870. The molecule has 2 unspecified atom stereocenters. The molecule has 2 atom stereocenters. The largest absolute Gasteiger partial charge is 0.345 e. The minimum atomic E-state index is -0.259. The van der Waals surface area contributed by atoms with Gasteiger partial charge in [0.25, 0.3) is 5.91 Å². The fourth-order valence-electron chi connectivity index (χ4n) is 2.84. The van der Waals surface area contributed by atoms with Crippen LogP contribution in [0.15, 0.2) is 0 Å². The van der Waals surface area contributed by atoms with Gasteiger partial charge in [-0.15, -0.1) is 16.7 Å². The number of halogens is 1. The molecule has 0 saturated heterocycles. The average molecular weight is 302 g/mol. The summed E-state index contributed by atoms with van der Waals surface area (Å²) in [5, 5.41) is 7.14.